The standard InChI is InChI=1S/C23H28FN5OS/c1-5-29(6-2)20-12-10-18(11-13-20)22-25-26-23(28(22)4)31-16-21(30)27(3)15-17-8-7-9-19(24)14-17/h7-14H,5-6,15-16H2,1-4H3. The molecule has 31 heavy (non-hydrogen) atoms. The van der Waals surface area contributed by atoms with E-state index >= 15 is 0 Å². The number of amides is 1. The summed E-state index contributed by atoms with van der Waals surface area (Å²) in [6.45, 7) is 6.56. The van der Waals surface area contributed by atoms with Gasteiger partial charge in [-0.25, -0.2) is 4.39 Å². The van der Waals surface area contributed by atoms with Crippen LogP contribution in [0.4, 0.5) is 10.1 Å². The minimum atomic E-state index is -0.301. The Morgan fingerprint density at radius 1 is 1.10 bits per heavy atom. The number of anilines is 1. The molecule has 2 aromatic carbocycles. The van der Waals surface area contributed by atoms with E-state index in [0.717, 1.165) is 30.0 Å². The van der Waals surface area contributed by atoms with E-state index in [1.807, 2.05) is 23.7 Å². The molecule has 1 aromatic heterocycles. The van der Waals surface area contributed by atoms with Crippen LogP contribution in [0.25, 0.3) is 11.4 Å². The Bertz CT molecular complexity index is 1020. The van der Waals surface area contributed by atoms with E-state index < -0.39 is 0 Å². The van der Waals surface area contributed by atoms with Gasteiger partial charge in [0.15, 0.2) is 11.0 Å². The first-order chi connectivity index (χ1) is 14.9. The monoisotopic (exact) mass is 441 g/mol. The minimum Gasteiger partial charge on any atom is -0.372 e. The second-order valence-corrected chi connectivity index (χ2v) is 8.20. The van der Waals surface area contributed by atoms with E-state index in [1.54, 1.807) is 24.1 Å². The predicted octanol–water partition coefficient (Wildman–Crippen LogP) is 4.22. The lowest BCUT2D eigenvalue weighted by Crippen LogP contribution is -2.27. The zero-order valence-electron chi connectivity index (χ0n) is 18.4. The van der Waals surface area contributed by atoms with Crippen LogP contribution in [0.3, 0.4) is 0 Å². The van der Waals surface area contributed by atoms with E-state index in [2.05, 4.69) is 41.1 Å². The van der Waals surface area contributed by atoms with Crippen LogP contribution in [0.15, 0.2) is 53.7 Å². The second kappa shape index (κ2) is 10.4. The van der Waals surface area contributed by atoms with Crippen LogP contribution < -0.4 is 4.90 Å². The number of carbonyl (C=O) groups is 1. The first-order valence-corrected chi connectivity index (χ1v) is 11.3. The van der Waals surface area contributed by atoms with Gasteiger partial charge in [0.1, 0.15) is 5.82 Å². The van der Waals surface area contributed by atoms with Crippen molar-refractivity contribution in [1.82, 2.24) is 19.7 Å². The number of benzene rings is 2. The fourth-order valence-corrected chi connectivity index (χ4v) is 4.19. The number of halogens is 1. The number of hydrogen-bond donors (Lipinski definition) is 0. The molecule has 0 saturated carbocycles. The van der Waals surface area contributed by atoms with Gasteiger partial charge in [-0.05, 0) is 55.8 Å². The van der Waals surface area contributed by atoms with Crippen molar-refractivity contribution in [3.8, 4) is 11.4 Å². The van der Waals surface area contributed by atoms with Gasteiger partial charge in [0.05, 0.1) is 5.75 Å². The summed E-state index contributed by atoms with van der Waals surface area (Å²) in [6, 6.07) is 14.6. The number of aromatic nitrogens is 3. The molecule has 0 fully saturated rings. The molecule has 0 aliphatic rings. The molecule has 1 amide bonds. The molecule has 0 saturated heterocycles. The number of thioether (sulfide) groups is 1. The van der Waals surface area contributed by atoms with Gasteiger partial charge in [0, 0.05) is 45.0 Å². The largest absolute Gasteiger partial charge is 0.372 e. The van der Waals surface area contributed by atoms with Gasteiger partial charge in [0.2, 0.25) is 5.91 Å². The summed E-state index contributed by atoms with van der Waals surface area (Å²) >= 11 is 1.34. The topological polar surface area (TPSA) is 54.3 Å². The van der Waals surface area contributed by atoms with Crippen molar-refractivity contribution in [2.24, 2.45) is 7.05 Å². The molecule has 3 aromatic rings. The van der Waals surface area contributed by atoms with E-state index in [-0.39, 0.29) is 17.5 Å². The van der Waals surface area contributed by atoms with Crippen LogP contribution >= 0.6 is 11.8 Å². The number of nitrogens with zero attached hydrogens (tertiary/aromatic N) is 5. The number of carbonyl (C=O) groups excluding carboxylic acids is 1. The van der Waals surface area contributed by atoms with Gasteiger partial charge < -0.3 is 14.4 Å². The third kappa shape index (κ3) is 5.64. The summed E-state index contributed by atoms with van der Waals surface area (Å²) in [5.74, 6) is 0.639. The zero-order valence-corrected chi connectivity index (χ0v) is 19.2. The second-order valence-electron chi connectivity index (χ2n) is 7.25. The molecule has 0 bridgehead atoms. The molecule has 0 aliphatic carbocycles. The van der Waals surface area contributed by atoms with Gasteiger partial charge in [-0.15, -0.1) is 10.2 Å². The molecular formula is C23H28FN5OS. The average Bonchev–Trinajstić information content (AvgIpc) is 3.13. The van der Waals surface area contributed by atoms with Crippen molar-refractivity contribution >= 4 is 23.4 Å². The van der Waals surface area contributed by atoms with E-state index in [1.165, 1.54) is 29.6 Å². The highest BCUT2D eigenvalue weighted by atomic mass is 32.2. The maximum Gasteiger partial charge on any atom is 0.233 e. The molecule has 8 heteroatoms. The first-order valence-electron chi connectivity index (χ1n) is 10.3. The van der Waals surface area contributed by atoms with Crippen LogP contribution in [0.1, 0.15) is 19.4 Å². The van der Waals surface area contributed by atoms with Crippen molar-refractivity contribution in [3.05, 3.63) is 59.9 Å². The highest BCUT2D eigenvalue weighted by Gasteiger charge is 2.15. The van der Waals surface area contributed by atoms with Gasteiger partial charge >= 0.3 is 0 Å². The summed E-state index contributed by atoms with van der Waals surface area (Å²) in [5.41, 5.74) is 2.92. The highest BCUT2D eigenvalue weighted by molar-refractivity contribution is 7.99. The first kappa shape index (κ1) is 22.8. The molecule has 0 unspecified atom stereocenters. The van der Waals surface area contributed by atoms with Crippen LogP contribution in [0.5, 0.6) is 0 Å². The summed E-state index contributed by atoms with van der Waals surface area (Å²) in [4.78, 5) is 16.4. The molecule has 0 aliphatic heterocycles. The summed E-state index contributed by atoms with van der Waals surface area (Å²) in [7, 11) is 3.62. The quantitative estimate of drug-likeness (QED) is 0.466. The normalized spacial score (nSPS) is 10.9. The molecule has 3 rings (SSSR count). The minimum absolute atomic E-state index is 0.0533. The maximum atomic E-state index is 13.3. The Labute approximate surface area is 187 Å². The van der Waals surface area contributed by atoms with Crippen molar-refractivity contribution < 1.29 is 9.18 Å². The molecular weight excluding hydrogens is 413 g/mol. The predicted molar refractivity (Wildman–Crippen MR) is 124 cm³/mol. The van der Waals surface area contributed by atoms with Crippen molar-refractivity contribution in [2.45, 2.75) is 25.5 Å². The van der Waals surface area contributed by atoms with Gasteiger partial charge in [0.25, 0.3) is 0 Å². The lowest BCUT2D eigenvalue weighted by Gasteiger charge is -2.21. The average molecular weight is 442 g/mol. The SMILES string of the molecule is CCN(CC)c1ccc(-c2nnc(SCC(=O)N(C)Cc3cccc(F)c3)n2C)cc1. The zero-order chi connectivity index (χ0) is 22.4. The van der Waals surface area contributed by atoms with Crippen molar-refractivity contribution in [2.75, 3.05) is 30.8 Å². The molecule has 164 valence electrons. The van der Waals surface area contributed by atoms with Crippen molar-refractivity contribution in [1.29, 1.82) is 0 Å². The van der Waals surface area contributed by atoms with Gasteiger partial charge in [-0.2, -0.15) is 0 Å². The summed E-state index contributed by atoms with van der Waals surface area (Å²) < 4.78 is 15.2. The van der Waals surface area contributed by atoms with Crippen LogP contribution in [0, 0.1) is 5.82 Å². The summed E-state index contributed by atoms with van der Waals surface area (Å²) in [5, 5.41) is 9.24. The molecule has 1 heterocycles. The smallest absolute Gasteiger partial charge is 0.233 e. The maximum absolute atomic E-state index is 13.3. The fourth-order valence-electron chi connectivity index (χ4n) is 3.34. The number of rotatable bonds is 9. The Hall–Kier alpha value is -2.87. The molecule has 6 nitrogen and oxygen atoms in total. The van der Waals surface area contributed by atoms with Crippen LogP contribution in [0.2, 0.25) is 0 Å². The van der Waals surface area contributed by atoms with Crippen LogP contribution in [-0.2, 0) is 18.4 Å². The summed E-state index contributed by atoms with van der Waals surface area (Å²) in [6.07, 6.45) is 0. The lowest BCUT2D eigenvalue weighted by atomic mass is 10.2. The Balaban J connectivity index is 1.62. The molecule has 0 radical (unpaired) electrons. The van der Waals surface area contributed by atoms with Gasteiger partial charge in [-0.3, -0.25) is 4.79 Å². The third-order valence-corrected chi connectivity index (χ3v) is 6.15. The highest BCUT2D eigenvalue weighted by Crippen LogP contribution is 2.25. The molecule has 0 N–H and O–H groups in total. The Kier molecular flexibility index (Phi) is 7.68. The van der Waals surface area contributed by atoms with Crippen molar-refractivity contribution in [3.63, 3.8) is 0 Å². The van der Waals surface area contributed by atoms with Gasteiger partial charge in [-0.1, -0.05) is 23.9 Å². The lowest BCUT2D eigenvalue weighted by molar-refractivity contribution is -0.127. The molecule has 0 atom stereocenters. The van der Waals surface area contributed by atoms with E-state index in [0.29, 0.717) is 11.7 Å². The van der Waals surface area contributed by atoms with E-state index in [9.17, 15) is 9.18 Å². The molecule has 0 spiro atoms. The van der Waals surface area contributed by atoms with Crippen LogP contribution in [-0.4, -0.2) is 51.5 Å². The Morgan fingerprint density at radius 3 is 2.45 bits per heavy atom. The Morgan fingerprint density at radius 2 is 1.81 bits per heavy atom. The third-order valence-electron chi connectivity index (χ3n) is 5.15. The fraction of sp³-hybridized carbons (Fsp3) is 0.348. The van der Waals surface area contributed by atoms with E-state index in [4.69, 9.17) is 0 Å². The number of hydrogen-bond acceptors (Lipinski definition) is 5.